The van der Waals surface area contributed by atoms with Crippen LogP contribution < -0.4 is 15.0 Å². The Morgan fingerprint density at radius 3 is 2.96 bits per heavy atom. The molecule has 7 heteroatoms. The van der Waals surface area contributed by atoms with Gasteiger partial charge in [0.2, 0.25) is 11.8 Å². The minimum Gasteiger partial charge on any atom is -0.495 e. The molecular weight excluding hydrogens is 354 g/mol. The topological polar surface area (TPSA) is 61.9 Å². The lowest BCUT2D eigenvalue weighted by atomic mass is 10.1. The van der Waals surface area contributed by atoms with Gasteiger partial charge in [0.05, 0.1) is 18.7 Å². The van der Waals surface area contributed by atoms with Crippen molar-refractivity contribution in [2.24, 2.45) is 5.92 Å². The van der Waals surface area contributed by atoms with E-state index in [1.165, 1.54) is 6.42 Å². The number of ether oxygens (including phenoxy) is 1. The van der Waals surface area contributed by atoms with Crippen molar-refractivity contribution < 1.29 is 14.3 Å². The number of carbonyl (C=O) groups excluding carboxylic acids is 2. The van der Waals surface area contributed by atoms with Crippen LogP contribution in [-0.4, -0.2) is 56.0 Å². The molecule has 0 aliphatic carbocycles. The van der Waals surface area contributed by atoms with E-state index in [0.717, 1.165) is 19.5 Å². The molecule has 2 aliphatic heterocycles. The fourth-order valence-electron chi connectivity index (χ4n) is 3.90. The first kappa shape index (κ1) is 19.0. The number of nitrogens with one attached hydrogen (secondary N) is 1. The van der Waals surface area contributed by atoms with Crippen LogP contribution >= 0.6 is 11.6 Å². The van der Waals surface area contributed by atoms with Gasteiger partial charge in [-0.2, -0.15) is 0 Å². The van der Waals surface area contributed by atoms with Crippen LogP contribution in [0, 0.1) is 5.92 Å². The number of nitrogens with zero attached hydrogens (tertiary/aromatic N) is 2. The summed E-state index contributed by atoms with van der Waals surface area (Å²) in [7, 11) is 1.55. The Labute approximate surface area is 159 Å². The molecule has 2 aliphatic rings. The van der Waals surface area contributed by atoms with E-state index < -0.39 is 0 Å². The molecule has 0 spiro atoms. The van der Waals surface area contributed by atoms with Gasteiger partial charge in [-0.15, -0.1) is 0 Å². The number of carbonyl (C=O) groups is 2. The fourth-order valence-corrected chi connectivity index (χ4v) is 4.06. The van der Waals surface area contributed by atoms with Crippen molar-refractivity contribution in [3.05, 3.63) is 23.2 Å². The van der Waals surface area contributed by atoms with Crippen molar-refractivity contribution in [2.45, 2.75) is 32.2 Å². The second kappa shape index (κ2) is 8.27. The normalized spacial score (nSPS) is 23.5. The number of hydrogen-bond donors (Lipinski definition) is 1. The molecule has 3 rings (SSSR count). The zero-order valence-corrected chi connectivity index (χ0v) is 16.1. The number of anilines is 1. The Balaban J connectivity index is 1.62. The Hall–Kier alpha value is -1.79. The molecule has 142 valence electrons. The molecule has 2 saturated heterocycles. The Morgan fingerprint density at radius 1 is 1.42 bits per heavy atom. The molecule has 0 radical (unpaired) electrons. The Morgan fingerprint density at radius 2 is 2.23 bits per heavy atom. The van der Waals surface area contributed by atoms with Crippen molar-refractivity contribution in [3.63, 3.8) is 0 Å². The van der Waals surface area contributed by atoms with E-state index in [0.29, 0.717) is 35.6 Å². The largest absolute Gasteiger partial charge is 0.495 e. The molecule has 6 nitrogen and oxygen atoms in total. The van der Waals surface area contributed by atoms with Crippen molar-refractivity contribution >= 4 is 29.1 Å². The number of amides is 2. The number of rotatable bonds is 6. The van der Waals surface area contributed by atoms with Crippen LogP contribution in [-0.2, 0) is 9.59 Å². The van der Waals surface area contributed by atoms with Crippen molar-refractivity contribution in [1.82, 2.24) is 10.2 Å². The third-order valence-corrected chi connectivity index (χ3v) is 5.58. The molecule has 0 aromatic heterocycles. The summed E-state index contributed by atoms with van der Waals surface area (Å²) in [4.78, 5) is 29.0. The SMILES string of the molecule is CCN1CCCC1CNC(=O)C1CC(=O)N(c2cc(Cl)ccc2OC)C1. The lowest BCUT2D eigenvalue weighted by Crippen LogP contribution is -2.42. The van der Waals surface area contributed by atoms with Gasteiger partial charge in [0.1, 0.15) is 5.75 Å². The van der Waals surface area contributed by atoms with Crippen LogP contribution in [0.2, 0.25) is 5.02 Å². The number of methoxy groups -OCH3 is 1. The molecule has 1 aromatic carbocycles. The minimum atomic E-state index is -0.345. The molecule has 26 heavy (non-hydrogen) atoms. The van der Waals surface area contributed by atoms with Crippen LogP contribution in [0.25, 0.3) is 0 Å². The summed E-state index contributed by atoms with van der Waals surface area (Å²) in [6.45, 7) is 5.25. The highest BCUT2D eigenvalue weighted by Crippen LogP contribution is 2.35. The summed E-state index contributed by atoms with van der Waals surface area (Å²) in [6.07, 6.45) is 2.51. The van der Waals surface area contributed by atoms with Crippen LogP contribution in [0.5, 0.6) is 5.75 Å². The monoisotopic (exact) mass is 379 g/mol. The van der Waals surface area contributed by atoms with Gasteiger partial charge in [-0.05, 0) is 44.1 Å². The maximum Gasteiger partial charge on any atom is 0.227 e. The maximum atomic E-state index is 12.6. The molecule has 0 bridgehead atoms. The van der Waals surface area contributed by atoms with Gasteiger partial charge in [-0.25, -0.2) is 0 Å². The van der Waals surface area contributed by atoms with E-state index in [1.54, 1.807) is 30.2 Å². The Kier molecular flexibility index (Phi) is 6.04. The zero-order chi connectivity index (χ0) is 18.7. The fraction of sp³-hybridized carbons (Fsp3) is 0.579. The molecular formula is C19H26ClN3O3. The number of likely N-dealkylation sites (tertiary alicyclic amines) is 1. The first-order valence-electron chi connectivity index (χ1n) is 9.19. The first-order valence-corrected chi connectivity index (χ1v) is 9.57. The van der Waals surface area contributed by atoms with Gasteiger partial charge in [-0.1, -0.05) is 18.5 Å². The van der Waals surface area contributed by atoms with E-state index in [1.807, 2.05) is 0 Å². The summed E-state index contributed by atoms with van der Waals surface area (Å²) in [5.74, 6) is 0.0996. The van der Waals surface area contributed by atoms with Gasteiger partial charge in [0.25, 0.3) is 0 Å². The number of hydrogen-bond acceptors (Lipinski definition) is 4. The van der Waals surface area contributed by atoms with Crippen LogP contribution in [0.3, 0.4) is 0 Å². The van der Waals surface area contributed by atoms with Crippen LogP contribution in [0.1, 0.15) is 26.2 Å². The molecule has 1 aromatic rings. The highest BCUT2D eigenvalue weighted by Gasteiger charge is 2.36. The molecule has 0 saturated carbocycles. The summed E-state index contributed by atoms with van der Waals surface area (Å²) in [6, 6.07) is 5.56. The standard InChI is InChI=1S/C19H26ClN3O3/c1-3-22-8-4-5-15(22)11-21-19(25)13-9-18(24)23(12-13)16-10-14(20)6-7-17(16)26-2/h6-7,10,13,15H,3-5,8-9,11-12H2,1-2H3,(H,21,25). The maximum absolute atomic E-state index is 12.6. The van der Waals surface area contributed by atoms with Crippen molar-refractivity contribution in [3.8, 4) is 5.75 Å². The summed E-state index contributed by atoms with van der Waals surface area (Å²) in [5.41, 5.74) is 0.619. The van der Waals surface area contributed by atoms with Gasteiger partial charge in [-0.3, -0.25) is 14.5 Å². The lowest BCUT2D eigenvalue weighted by molar-refractivity contribution is -0.126. The minimum absolute atomic E-state index is 0.0511. The first-order chi connectivity index (χ1) is 12.5. The number of halogens is 1. The Bertz CT molecular complexity index is 682. The molecule has 1 N–H and O–H groups in total. The predicted octanol–water partition coefficient (Wildman–Crippen LogP) is 2.30. The third kappa shape index (κ3) is 3.96. The van der Waals surface area contributed by atoms with Gasteiger partial charge in [0.15, 0.2) is 0 Å². The molecule has 2 fully saturated rings. The van der Waals surface area contributed by atoms with E-state index >= 15 is 0 Å². The van der Waals surface area contributed by atoms with Crippen molar-refractivity contribution in [2.75, 3.05) is 38.2 Å². The summed E-state index contributed by atoms with van der Waals surface area (Å²) < 4.78 is 5.34. The van der Waals surface area contributed by atoms with Gasteiger partial charge in [0, 0.05) is 30.6 Å². The smallest absolute Gasteiger partial charge is 0.227 e. The van der Waals surface area contributed by atoms with Crippen LogP contribution in [0.4, 0.5) is 5.69 Å². The highest BCUT2D eigenvalue weighted by molar-refractivity contribution is 6.31. The predicted molar refractivity (Wildman–Crippen MR) is 102 cm³/mol. The second-order valence-corrected chi connectivity index (χ2v) is 7.33. The average Bonchev–Trinajstić information content (AvgIpc) is 3.25. The summed E-state index contributed by atoms with van der Waals surface area (Å²) in [5, 5.41) is 3.58. The summed E-state index contributed by atoms with van der Waals surface area (Å²) >= 11 is 6.07. The quantitative estimate of drug-likeness (QED) is 0.823. The molecule has 2 unspecified atom stereocenters. The number of benzene rings is 1. The lowest BCUT2D eigenvalue weighted by Gasteiger charge is -2.23. The highest BCUT2D eigenvalue weighted by atomic mass is 35.5. The number of likely N-dealkylation sites (N-methyl/N-ethyl adjacent to an activating group) is 1. The zero-order valence-electron chi connectivity index (χ0n) is 15.3. The molecule has 2 atom stereocenters. The van der Waals surface area contributed by atoms with Crippen molar-refractivity contribution in [1.29, 1.82) is 0 Å². The average molecular weight is 380 g/mol. The third-order valence-electron chi connectivity index (χ3n) is 5.34. The van der Waals surface area contributed by atoms with E-state index in [9.17, 15) is 9.59 Å². The van der Waals surface area contributed by atoms with Gasteiger partial charge < -0.3 is 15.0 Å². The second-order valence-electron chi connectivity index (χ2n) is 6.89. The molecule has 2 heterocycles. The van der Waals surface area contributed by atoms with Gasteiger partial charge >= 0.3 is 0 Å². The van der Waals surface area contributed by atoms with E-state index in [2.05, 4.69) is 17.1 Å². The van der Waals surface area contributed by atoms with Crippen LogP contribution in [0.15, 0.2) is 18.2 Å². The van der Waals surface area contributed by atoms with E-state index in [-0.39, 0.29) is 24.2 Å². The van der Waals surface area contributed by atoms with E-state index in [4.69, 9.17) is 16.3 Å². The molecule has 2 amide bonds.